The van der Waals surface area contributed by atoms with Crippen molar-refractivity contribution in [1.29, 1.82) is 0 Å². The second kappa shape index (κ2) is 5.68. The zero-order valence-corrected chi connectivity index (χ0v) is 11.6. The van der Waals surface area contributed by atoms with Crippen molar-refractivity contribution in [3.05, 3.63) is 65.1 Å². The molecule has 1 N–H and O–H groups in total. The monoisotopic (exact) mass is 303 g/mol. The third-order valence-corrected chi connectivity index (χ3v) is 3.32. The highest BCUT2D eigenvalue weighted by Gasteiger charge is 2.12. The summed E-state index contributed by atoms with van der Waals surface area (Å²) in [6.07, 6.45) is 0. The van der Waals surface area contributed by atoms with E-state index in [9.17, 15) is 9.50 Å². The van der Waals surface area contributed by atoms with E-state index in [0.29, 0.717) is 17.0 Å². The number of hydrogen-bond donors (Lipinski definition) is 1. The van der Waals surface area contributed by atoms with Crippen molar-refractivity contribution in [2.24, 2.45) is 0 Å². The van der Waals surface area contributed by atoms with E-state index in [0.717, 1.165) is 5.39 Å². The fourth-order valence-electron chi connectivity index (χ4n) is 2.04. The highest BCUT2D eigenvalue weighted by atomic mass is 35.5. The molecule has 0 aliphatic heterocycles. The number of hydrogen-bond acceptors (Lipinski definition) is 3. The average Bonchev–Trinajstić information content (AvgIpc) is 2.51. The minimum Gasteiger partial charge on any atom is -0.453 e. The minimum absolute atomic E-state index is 0.00626. The number of rotatable bonds is 3. The van der Waals surface area contributed by atoms with Crippen LogP contribution in [0.5, 0.6) is 11.5 Å². The summed E-state index contributed by atoms with van der Waals surface area (Å²) >= 11 is 5.75. The first-order valence-electron chi connectivity index (χ1n) is 6.30. The number of fused-ring (bicyclic) bond motifs is 1. The standard InChI is InChI=1S/C16H11ClFNO2/c17-12-5-3-7-14(16(12)18)21-15-8-10(9-20)19-13-6-2-1-4-11(13)15/h1-8,20H,9H2. The number of aliphatic hydroxyl groups is 1. The summed E-state index contributed by atoms with van der Waals surface area (Å²) in [5.74, 6) is -0.167. The van der Waals surface area contributed by atoms with Crippen LogP contribution in [-0.4, -0.2) is 10.1 Å². The number of para-hydroxylation sites is 1. The van der Waals surface area contributed by atoms with Gasteiger partial charge in [-0.2, -0.15) is 0 Å². The summed E-state index contributed by atoms with van der Waals surface area (Å²) in [6, 6.07) is 13.4. The van der Waals surface area contributed by atoms with Crippen molar-refractivity contribution in [2.75, 3.05) is 0 Å². The second-order valence-electron chi connectivity index (χ2n) is 4.44. The molecule has 0 aliphatic rings. The zero-order chi connectivity index (χ0) is 14.8. The van der Waals surface area contributed by atoms with Crippen molar-refractivity contribution in [1.82, 2.24) is 4.98 Å². The molecule has 3 rings (SSSR count). The van der Waals surface area contributed by atoms with Crippen LogP contribution in [0.3, 0.4) is 0 Å². The van der Waals surface area contributed by atoms with Gasteiger partial charge in [0.1, 0.15) is 5.75 Å². The lowest BCUT2D eigenvalue weighted by molar-refractivity contribution is 0.276. The molecule has 0 aliphatic carbocycles. The van der Waals surface area contributed by atoms with Gasteiger partial charge in [0.15, 0.2) is 11.6 Å². The van der Waals surface area contributed by atoms with Crippen LogP contribution in [-0.2, 0) is 6.61 Å². The number of benzene rings is 2. The first kappa shape index (κ1) is 13.8. The van der Waals surface area contributed by atoms with E-state index >= 15 is 0 Å². The molecule has 0 amide bonds. The first-order valence-corrected chi connectivity index (χ1v) is 6.68. The maximum absolute atomic E-state index is 13.9. The van der Waals surface area contributed by atoms with Crippen LogP contribution in [0.1, 0.15) is 5.69 Å². The van der Waals surface area contributed by atoms with E-state index in [1.807, 2.05) is 18.2 Å². The molecule has 0 saturated carbocycles. The van der Waals surface area contributed by atoms with Gasteiger partial charge in [-0.05, 0) is 24.3 Å². The van der Waals surface area contributed by atoms with E-state index in [1.54, 1.807) is 18.2 Å². The molecule has 0 atom stereocenters. The van der Waals surface area contributed by atoms with Crippen molar-refractivity contribution in [2.45, 2.75) is 6.61 Å². The Kier molecular flexibility index (Phi) is 3.73. The Morgan fingerprint density at radius 2 is 1.90 bits per heavy atom. The Morgan fingerprint density at radius 1 is 1.10 bits per heavy atom. The number of aliphatic hydroxyl groups excluding tert-OH is 1. The summed E-state index contributed by atoms with van der Waals surface area (Å²) in [4.78, 5) is 4.29. The molecule has 2 aromatic carbocycles. The smallest absolute Gasteiger partial charge is 0.184 e. The van der Waals surface area contributed by atoms with Gasteiger partial charge < -0.3 is 9.84 Å². The number of ether oxygens (including phenoxy) is 1. The minimum atomic E-state index is -0.620. The Bertz CT molecular complexity index is 807. The largest absolute Gasteiger partial charge is 0.453 e. The van der Waals surface area contributed by atoms with E-state index in [2.05, 4.69) is 4.98 Å². The molecular formula is C16H11ClFNO2. The molecule has 0 saturated heterocycles. The van der Waals surface area contributed by atoms with Gasteiger partial charge in [0, 0.05) is 11.5 Å². The van der Waals surface area contributed by atoms with Gasteiger partial charge in [0.25, 0.3) is 0 Å². The molecule has 3 nitrogen and oxygen atoms in total. The molecule has 0 spiro atoms. The van der Waals surface area contributed by atoms with Gasteiger partial charge in [-0.25, -0.2) is 4.39 Å². The third kappa shape index (κ3) is 2.68. The molecule has 0 fully saturated rings. The molecule has 21 heavy (non-hydrogen) atoms. The molecule has 1 aromatic heterocycles. The van der Waals surface area contributed by atoms with Crippen LogP contribution in [0.25, 0.3) is 10.9 Å². The lowest BCUT2D eigenvalue weighted by Gasteiger charge is -2.11. The number of aromatic nitrogens is 1. The quantitative estimate of drug-likeness (QED) is 0.784. The Balaban J connectivity index is 2.13. The highest BCUT2D eigenvalue weighted by molar-refractivity contribution is 6.30. The summed E-state index contributed by atoms with van der Waals surface area (Å²) < 4.78 is 19.6. The zero-order valence-electron chi connectivity index (χ0n) is 10.9. The van der Waals surface area contributed by atoms with E-state index in [4.69, 9.17) is 16.3 Å². The van der Waals surface area contributed by atoms with Gasteiger partial charge in [-0.3, -0.25) is 4.98 Å². The van der Waals surface area contributed by atoms with E-state index in [-0.39, 0.29) is 17.4 Å². The SMILES string of the molecule is OCc1cc(Oc2cccc(Cl)c2F)c2ccccc2n1. The number of halogens is 2. The van der Waals surface area contributed by atoms with Crippen LogP contribution >= 0.6 is 11.6 Å². The van der Waals surface area contributed by atoms with Crippen LogP contribution in [0, 0.1) is 5.82 Å². The summed E-state index contributed by atoms with van der Waals surface area (Å²) in [6.45, 7) is -0.223. The second-order valence-corrected chi connectivity index (χ2v) is 4.85. The maximum atomic E-state index is 13.9. The predicted octanol–water partition coefficient (Wildman–Crippen LogP) is 4.31. The molecule has 0 radical (unpaired) electrons. The topological polar surface area (TPSA) is 42.4 Å². The van der Waals surface area contributed by atoms with Crippen molar-refractivity contribution >= 4 is 22.5 Å². The number of pyridine rings is 1. The lowest BCUT2D eigenvalue weighted by atomic mass is 10.2. The van der Waals surface area contributed by atoms with E-state index < -0.39 is 5.82 Å². The van der Waals surface area contributed by atoms with Gasteiger partial charge in [0.05, 0.1) is 22.8 Å². The predicted molar refractivity (Wildman–Crippen MR) is 79.1 cm³/mol. The fraction of sp³-hybridized carbons (Fsp3) is 0.0625. The molecule has 1 heterocycles. The molecule has 3 aromatic rings. The van der Waals surface area contributed by atoms with Crippen molar-refractivity contribution < 1.29 is 14.2 Å². The Hall–Kier alpha value is -2.17. The Morgan fingerprint density at radius 3 is 2.71 bits per heavy atom. The van der Waals surface area contributed by atoms with Gasteiger partial charge in [-0.1, -0.05) is 29.8 Å². The molecule has 106 valence electrons. The third-order valence-electron chi connectivity index (χ3n) is 3.03. The van der Waals surface area contributed by atoms with Gasteiger partial charge in [0.2, 0.25) is 0 Å². The molecule has 5 heteroatoms. The summed E-state index contributed by atoms with van der Waals surface area (Å²) in [7, 11) is 0. The summed E-state index contributed by atoms with van der Waals surface area (Å²) in [5.41, 5.74) is 1.12. The highest BCUT2D eigenvalue weighted by Crippen LogP contribution is 2.33. The van der Waals surface area contributed by atoms with Crippen LogP contribution < -0.4 is 4.74 Å². The Labute approximate surface area is 125 Å². The normalized spacial score (nSPS) is 10.8. The van der Waals surface area contributed by atoms with Crippen LogP contribution in [0.15, 0.2) is 48.5 Å². The van der Waals surface area contributed by atoms with Crippen molar-refractivity contribution in [3.63, 3.8) is 0 Å². The van der Waals surface area contributed by atoms with Gasteiger partial charge >= 0.3 is 0 Å². The molecular weight excluding hydrogens is 293 g/mol. The van der Waals surface area contributed by atoms with Gasteiger partial charge in [-0.15, -0.1) is 0 Å². The lowest BCUT2D eigenvalue weighted by Crippen LogP contribution is -1.95. The molecule has 0 unspecified atom stereocenters. The van der Waals surface area contributed by atoms with Crippen LogP contribution in [0.4, 0.5) is 4.39 Å². The maximum Gasteiger partial charge on any atom is 0.184 e. The fourth-order valence-corrected chi connectivity index (χ4v) is 2.21. The van der Waals surface area contributed by atoms with Crippen LogP contribution in [0.2, 0.25) is 5.02 Å². The number of nitrogens with zero attached hydrogens (tertiary/aromatic N) is 1. The first-order chi connectivity index (χ1) is 10.2. The van der Waals surface area contributed by atoms with Crippen molar-refractivity contribution in [3.8, 4) is 11.5 Å². The summed E-state index contributed by atoms with van der Waals surface area (Å²) in [5, 5.41) is 10.00. The molecule has 0 bridgehead atoms. The average molecular weight is 304 g/mol. The van der Waals surface area contributed by atoms with E-state index in [1.165, 1.54) is 12.1 Å².